The topological polar surface area (TPSA) is 25.2 Å². The molecule has 13 heavy (non-hydrogen) atoms. The molecule has 0 radical (unpaired) electrons. The van der Waals surface area contributed by atoms with E-state index in [0.717, 1.165) is 19.0 Å². The fourth-order valence-corrected chi connectivity index (χ4v) is 3.01. The van der Waals surface area contributed by atoms with Gasteiger partial charge in [-0.3, -0.25) is 0 Å². The highest BCUT2D eigenvalue weighted by atomic mass is 16.3. The summed E-state index contributed by atoms with van der Waals surface area (Å²) < 4.78 is 5.64. The van der Waals surface area contributed by atoms with E-state index in [1.807, 2.05) is 6.26 Å². The first-order valence-electron chi connectivity index (χ1n) is 5.10. The lowest BCUT2D eigenvalue weighted by Gasteiger charge is -2.26. The lowest BCUT2D eigenvalue weighted by molar-refractivity contribution is 0.288. The Morgan fingerprint density at radius 3 is 3.31 bits per heavy atom. The van der Waals surface area contributed by atoms with Crippen molar-refractivity contribution in [3.05, 3.63) is 23.7 Å². The van der Waals surface area contributed by atoms with Crippen LogP contribution in [0.3, 0.4) is 0 Å². The van der Waals surface area contributed by atoms with E-state index in [-0.39, 0.29) is 0 Å². The predicted octanol–water partition coefficient (Wildman–Crippen LogP) is 1.70. The van der Waals surface area contributed by atoms with E-state index in [1.165, 1.54) is 24.2 Å². The Labute approximate surface area is 78.3 Å². The number of nitrogens with one attached hydrogen (secondary N) is 1. The standard InChI is InChI=1S/C11H15NO/c1-8-6-9-2-5-13-10(9)11(8)3-4-12-7-11/h2,5,8,12H,3-4,6-7H2,1H3. The molecule has 2 atom stereocenters. The normalized spacial score (nSPS) is 37.2. The molecule has 2 heteroatoms. The fraction of sp³-hybridized carbons (Fsp3) is 0.636. The van der Waals surface area contributed by atoms with Gasteiger partial charge in [0.2, 0.25) is 0 Å². The lowest BCUT2D eigenvalue weighted by atomic mass is 9.78. The third kappa shape index (κ3) is 0.819. The Balaban J connectivity index is 2.12. The molecular weight excluding hydrogens is 162 g/mol. The molecule has 1 aromatic rings. The minimum absolute atomic E-state index is 0.332. The van der Waals surface area contributed by atoms with Crippen LogP contribution in [0, 0.1) is 5.92 Å². The summed E-state index contributed by atoms with van der Waals surface area (Å²) in [6.07, 6.45) is 4.29. The molecule has 1 saturated heterocycles. The Kier molecular flexibility index (Phi) is 1.40. The molecule has 2 unspecified atom stereocenters. The third-order valence-corrected chi connectivity index (χ3v) is 3.86. The first kappa shape index (κ1) is 7.63. The summed E-state index contributed by atoms with van der Waals surface area (Å²) in [6.45, 7) is 4.60. The molecule has 1 spiro atoms. The zero-order valence-corrected chi connectivity index (χ0v) is 7.97. The van der Waals surface area contributed by atoms with E-state index in [1.54, 1.807) is 0 Å². The van der Waals surface area contributed by atoms with Crippen molar-refractivity contribution < 1.29 is 4.42 Å². The van der Waals surface area contributed by atoms with Crippen molar-refractivity contribution in [2.24, 2.45) is 5.92 Å². The minimum atomic E-state index is 0.332. The maximum absolute atomic E-state index is 5.64. The zero-order valence-electron chi connectivity index (χ0n) is 7.97. The van der Waals surface area contributed by atoms with Crippen LogP contribution >= 0.6 is 0 Å². The van der Waals surface area contributed by atoms with Crippen LogP contribution in [0.1, 0.15) is 24.7 Å². The van der Waals surface area contributed by atoms with Crippen LogP contribution in [0.15, 0.2) is 16.7 Å². The Morgan fingerprint density at radius 2 is 2.54 bits per heavy atom. The maximum Gasteiger partial charge on any atom is 0.114 e. The van der Waals surface area contributed by atoms with Gasteiger partial charge in [0.25, 0.3) is 0 Å². The third-order valence-electron chi connectivity index (χ3n) is 3.86. The summed E-state index contributed by atoms with van der Waals surface area (Å²) in [7, 11) is 0. The van der Waals surface area contributed by atoms with Crippen molar-refractivity contribution in [2.45, 2.75) is 25.2 Å². The summed E-state index contributed by atoms with van der Waals surface area (Å²) in [5.41, 5.74) is 1.77. The molecule has 1 aliphatic carbocycles. The van der Waals surface area contributed by atoms with Crippen LogP contribution in [0.2, 0.25) is 0 Å². The summed E-state index contributed by atoms with van der Waals surface area (Å²) in [6, 6.07) is 2.14. The predicted molar refractivity (Wildman–Crippen MR) is 50.7 cm³/mol. The van der Waals surface area contributed by atoms with E-state index in [0.29, 0.717) is 5.41 Å². The van der Waals surface area contributed by atoms with Gasteiger partial charge in [-0.25, -0.2) is 0 Å². The molecule has 70 valence electrons. The van der Waals surface area contributed by atoms with Crippen LogP contribution in [-0.2, 0) is 11.8 Å². The van der Waals surface area contributed by atoms with Crippen molar-refractivity contribution in [2.75, 3.05) is 13.1 Å². The molecular formula is C11H15NO. The molecule has 0 amide bonds. The molecule has 0 bridgehead atoms. The molecule has 2 aliphatic rings. The van der Waals surface area contributed by atoms with Crippen molar-refractivity contribution in [1.29, 1.82) is 0 Å². The van der Waals surface area contributed by atoms with E-state index >= 15 is 0 Å². The van der Waals surface area contributed by atoms with Gasteiger partial charge >= 0.3 is 0 Å². The van der Waals surface area contributed by atoms with Gasteiger partial charge < -0.3 is 9.73 Å². The number of furan rings is 1. The second kappa shape index (κ2) is 2.38. The van der Waals surface area contributed by atoms with Gasteiger partial charge in [-0.1, -0.05) is 6.92 Å². The minimum Gasteiger partial charge on any atom is -0.468 e. The van der Waals surface area contributed by atoms with E-state index < -0.39 is 0 Å². The summed E-state index contributed by atoms with van der Waals surface area (Å²) in [5, 5.41) is 3.46. The largest absolute Gasteiger partial charge is 0.468 e. The zero-order chi connectivity index (χ0) is 8.89. The molecule has 0 aromatic carbocycles. The van der Waals surface area contributed by atoms with Crippen molar-refractivity contribution >= 4 is 0 Å². The van der Waals surface area contributed by atoms with Gasteiger partial charge in [0.15, 0.2) is 0 Å². The first-order valence-corrected chi connectivity index (χ1v) is 5.10. The first-order chi connectivity index (χ1) is 6.33. The fourth-order valence-electron chi connectivity index (χ4n) is 3.01. The van der Waals surface area contributed by atoms with Crippen LogP contribution in [0.25, 0.3) is 0 Å². The molecule has 1 N–H and O–H groups in total. The number of hydrogen-bond donors (Lipinski definition) is 1. The molecule has 3 rings (SSSR count). The van der Waals surface area contributed by atoms with E-state index in [9.17, 15) is 0 Å². The highest BCUT2D eigenvalue weighted by Gasteiger charge is 2.48. The van der Waals surface area contributed by atoms with Crippen LogP contribution < -0.4 is 5.32 Å². The number of rotatable bonds is 0. The van der Waals surface area contributed by atoms with Crippen LogP contribution in [0.4, 0.5) is 0 Å². The second-order valence-corrected chi connectivity index (χ2v) is 4.46. The van der Waals surface area contributed by atoms with Crippen molar-refractivity contribution in [3.63, 3.8) is 0 Å². The number of fused-ring (bicyclic) bond motifs is 2. The highest BCUT2D eigenvalue weighted by Crippen LogP contribution is 2.47. The SMILES string of the molecule is CC1Cc2ccoc2C12CCNC2. The highest BCUT2D eigenvalue weighted by molar-refractivity contribution is 5.35. The quantitative estimate of drug-likeness (QED) is 0.652. The molecule has 0 saturated carbocycles. The number of hydrogen-bond acceptors (Lipinski definition) is 2. The lowest BCUT2D eigenvalue weighted by Crippen LogP contribution is -2.32. The second-order valence-electron chi connectivity index (χ2n) is 4.46. The Hall–Kier alpha value is -0.760. The van der Waals surface area contributed by atoms with Crippen molar-refractivity contribution in [1.82, 2.24) is 5.32 Å². The van der Waals surface area contributed by atoms with Crippen molar-refractivity contribution in [3.8, 4) is 0 Å². The monoisotopic (exact) mass is 177 g/mol. The van der Waals surface area contributed by atoms with Crippen LogP contribution in [-0.4, -0.2) is 13.1 Å². The Morgan fingerprint density at radius 1 is 1.62 bits per heavy atom. The summed E-state index contributed by atoms with van der Waals surface area (Å²) in [4.78, 5) is 0. The molecule has 2 nitrogen and oxygen atoms in total. The molecule has 2 heterocycles. The Bertz CT molecular complexity index is 323. The van der Waals surface area contributed by atoms with Gasteiger partial charge in [-0.05, 0) is 36.9 Å². The van der Waals surface area contributed by atoms with Gasteiger partial charge in [-0.15, -0.1) is 0 Å². The van der Waals surface area contributed by atoms with Gasteiger partial charge in [-0.2, -0.15) is 0 Å². The maximum atomic E-state index is 5.64. The summed E-state index contributed by atoms with van der Waals surface area (Å²) >= 11 is 0. The van der Waals surface area contributed by atoms with Gasteiger partial charge in [0, 0.05) is 12.0 Å². The van der Waals surface area contributed by atoms with E-state index in [4.69, 9.17) is 4.42 Å². The van der Waals surface area contributed by atoms with Crippen LogP contribution in [0.5, 0.6) is 0 Å². The van der Waals surface area contributed by atoms with Gasteiger partial charge in [0.05, 0.1) is 6.26 Å². The average Bonchev–Trinajstić information content (AvgIpc) is 2.72. The molecule has 1 fully saturated rings. The van der Waals surface area contributed by atoms with E-state index in [2.05, 4.69) is 18.3 Å². The average molecular weight is 177 g/mol. The molecule has 1 aliphatic heterocycles. The molecule has 1 aromatic heterocycles. The smallest absolute Gasteiger partial charge is 0.114 e. The van der Waals surface area contributed by atoms with Gasteiger partial charge in [0.1, 0.15) is 5.76 Å². The summed E-state index contributed by atoms with van der Waals surface area (Å²) in [5.74, 6) is 2.02.